The molecule has 5 nitrogen and oxygen atoms in total. The van der Waals surface area contributed by atoms with E-state index in [1.807, 2.05) is 4.90 Å². The summed E-state index contributed by atoms with van der Waals surface area (Å²) in [7, 11) is 1.62. The lowest BCUT2D eigenvalue weighted by Crippen LogP contribution is -2.36. The third-order valence-corrected chi connectivity index (χ3v) is 2.20. The molecule has 0 saturated heterocycles. The van der Waals surface area contributed by atoms with Crippen LogP contribution in [0.25, 0.3) is 0 Å². The summed E-state index contributed by atoms with van der Waals surface area (Å²) in [5.41, 5.74) is 6.34. The maximum absolute atomic E-state index is 11.3. The van der Waals surface area contributed by atoms with E-state index < -0.39 is 0 Å². The first kappa shape index (κ1) is 12.3. The molecular formula is C11H18N4O. The summed E-state index contributed by atoms with van der Waals surface area (Å²) >= 11 is 0. The number of hydrogen-bond acceptors (Lipinski definition) is 4. The van der Waals surface area contributed by atoms with Gasteiger partial charge in [0.15, 0.2) is 0 Å². The second-order valence-electron chi connectivity index (χ2n) is 3.54. The number of nitrogens with two attached hydrogens (primary N) is 1. The molecule has 0 aliphatic heterocycles. The second kappa shape index (κ2) is 5.95. The Morgan fingerprint density at radius 2 is 2.38 bits per heavy atom. The van der Waals surface area contributed by atoms with Crippen LogP contribution < -0.4 is 16.0 Å². The molecule has 0 bridgehead atoms. The highest BCUT2D eigenvalue weighted by molar-refractivity contribution is 5.80. The van der Waals surface area contributed by atoms with E-state index in [4.69, 9.17) is 5.73 Å². The largest absolute Gasteiger partial charge is 0.399 e. The second-order valence-corrected chi connectivity index (χ2v) is 3.54. The van der Waals surface area contributed by atoms with Crippen molar-refractivity contribution in [3.63, 3.8) is 0 Å². The quantitative estimate of drug-likeness (QED) is 0.766. The lowest BCUT2D eigenvalue weighted by Gasteiger charge is -2.22. The molecule has 1 aromatic heterocycles. The van der Waals surface area contributed by atoms with Crippen molar-refractivity contribution in [2.24, 2.45) is 0 Å². The first-order valence-electron chi connectivity index (χ1n) is 5.34. The zero-order chi connectivity index (χ0) is 12.0. The number of aromatic nitrogens is 1. The predicted molar refractivity (Wildman–Crippen MR) is 65.2 cm³/mol. The molecule has 1 heterocycles. The molecule has 0 saturated carbocycles. The minimum absolute atomic E-state index is 0.0299. The smallest absolute Gasteiger partial charge is 0.239 e. The number of nitrogens with zero attached hydrogens (tertiary/aromatic N) is 2. The monoisotopic (exact) mass is 222 g/mol. The predicted octanol–water partition coefficient (Wildman–Crippen LogP) is 0.626. The van der Waals surface area contributed by atoms with Crippen LogP contribution in [0.1, 0.15) is 13.3 Å². The molecule has 88 valence electrons. The van der Waals surface area contributed by atoms with Gasteiger partial charge in [0.05, 0.1) is 6.54 Å². The van der Waals surface area contributed by atoms with Gasteiger partial charge in [0.2, 0.25) is 5.91 Å². The van der Waals surface area contributed by atoms with E-state index in [1.54, 1.807) is 25.4 Å². The number of anilines is 2. The Hall–Kier alpha value is -1.78. The Kier molecular flexibility index (Phi) is 4.57. The maximum Gasteiger partial charge on any atom is 0.239 e. The van der Waals surface area contributed by atoms with Crippen LogP contribution in [-0.4, -0.2) is 31.0 Å². The van der Waals surface area contributed by atoms with Gasteiger partial charge in [0.25, 0.3) is 0 Å². The number of carbonyl (C=O) groups excluding carboxylic acids is 1. The molecule has 0 spiro atoms. The molecule has 0 fully saturated rings. The summed E-state index contributed by atoms with van der Waals surface area (Å²) in [4.78, 5) is 17.5. The van der Waals surface area contributed by atoms with E-state index in [-0.39, 0.29) is 5.91 Å². The average Bonchev–Trinajstić information content (AvgIpc) is 2.28. The molecule has 0 atom stereocenters. The maximum atomic E-state index is 11.3. The Balaban J connectivity index is 2.80. The highest BCUT2D eigenvalue weighted by Gasteiger charge is 2.10. The fourth-order valence-electron chi connectivity index (χ4n) is 1.40. The van der Waals surface area contributed by atoms with Gasteiger partial charge in [-0.15, -0.1) is 0 Å². The third-order valence-electron chi connectivity index (χ3n) is 2.20. The number of pyridine rings is 1. The zero-order valence-electron chi connectivity index (χ0n) is 9.73. The standard InChI is InChI=1S/C11H18N4O/c1-3-6-15(8-11(16)13-2)10-7-9(12)4-5-14-10/h4-5,7H,3,6,8H2,1-2H3,(H2,12,14)(H,13,16). The van der Waals surface area contributed by atoms with E-state index in [2.05, 4.69) is 17.2 Å². The van der Waals surface area contributed by atoms with Crippen LogP contribution in [0, 0.1) is 0 Å². The Bertz CT molecular complexity index is 354. The molecule has 1 rings (SSSR count). The van der Waals surface area contributed by atoms with Crippen LogP contribution in [0.5, 0.6) is 0 Å². The first-order valence-corrected chi connectivity index (χ1v) is 5.34. The Morgan fingerprint density at radius 1 is 1.62 bits per heavy atom. The highest BCUT2D eigenvalue weighted by atomic mass is 16.1. The molecule has 0 aromatic carbocycles. The number of nitrogen functional groups attached to an aromatic ring is 1. The molecule has 0 aliphatic carbocycles. The van der Waals surface area contributed by atoms with E-state index >= 15 is 0 Å². The topological polar surface area (TPSA) is 71.2 Å². The van der Waals surface area contributed by atoms with Gasteiger partial charge in [-0.2, -0.15) is 0 Å². The lowest BCUT2D eigenvalue weighted by atomic mass is 10.3. The Morgan fingerprint density at radius 3 is 2.94 bits per heavy atom. The SMILES string of the molecule is CCCN(CC(=O)NC)c1cc(N)ccn1. The third kappa shape index (κ3) is 3.42. The van der Waals surface area contributed by atoms with Crippen molar-refractivity contribution in [3.05, 3.63) is 18.3 Å². The molecule has 5 heteroatoms. The van der Waals surface area contributed by atoms with Crippen LogP contribution in [0.15, 0.2) is 18.3 Å². The van der Waals surface area contributed by atoms with Crippen molar-refractivity contribution in [2.75, 3.05) is 30.8 Å². The molecule has 1 amide bonds. The van der Waals surface area contributed by atoms with Crippen molar-refractivity contribution in [3.8, 4) is 0 Å². The lowest BCUT2D eigenvalue weighted by molar-refractivity contribution is -0.119. The van der Waals surface area contributed by atoms with Gasteiger partial charge in [0, 0.05) is 31.5 Å². The fourth-order valence-corrected chi connectivity index (χ4v) is 1.40. The molecule has 1 aromatic rings. The van der Waals surface area contributed by atoms with Gasteiger partial charge in [-0.05, 0) is 12.5 Å². The van der Waals surface area contributed by atoms with Crippen LogP contribution >= 0.6 is 0 Å². The molecule has 16 heavy (non-hydrogen) atoms. The van der Waals surface area contributed by atoms with E-state index in [0.717, 1.165) is 18.8 Å². The van der Waals surface area contributed by atoms with Crippen LogP contribution in [0.4, 0.5) is 11.5 Å². The summed E-state index contributed by atoms with van der Waals surface area (Å²) in [6.07, 6.45) is 2.60. The molecule has 3 N–H and O–H groups in total. The number of hydrogen-bond donors (Lipinski definition) is 2. The summed E-state index contributed by atoms with van der Waals surface area (Å²) in [5.74, 6) is 0.711. The van der Waals surface area contributed by atoms with Crippen molar-refractivity contribution in [1.29, 1.82) is 0 Å². The van der Waals surface area contributed by atoms with Crippen LogP contribution in [-0.2, 0) is 4.79 Å². The van der Waals surface area contributed by atoms with Crippen molar-refractivity contribution in [1.82, 2.24) is 10.3 Å². The molecule has 0 radical (unpaired) electrons. The van der Waals surface area contributed by atoms with Gasteiger partial charge in [-0.25, -0.2) is 4.98 Å². The highest BCUT2D eigenvalue weighted by Crippen LogP contribution is 2.13. The summed E-state index contributed by atoms with van der Waals surface area (Å²) in [6.45, 7) is 3.15. The Labute approximate surface area is 95.7 Å². The number of amides is 1. The number of carbonyl (C=O) groups is 1. The number of likely N-dealkylation sites (N-methyl/N-ethyl adjacent to an activating group) is 1. The van der Waals surface area contributed by atoms with E-state index in [9.17, 15) is 4.79 Å². The van der Waals surface area contributed by atoms with Crippen LogP contribution in [0.3, 0.4) is 0 Å². The average molecular weight is 222 g/mol. The van der Waals surface area contributed by atoms with Crippen LogP contribution in [0.2, 0.25) is 0 Å². The molecule has 0 unspecified atom stereocenters. The number of nitrogens with one attached hydrogen (secondary N) is 1. The van der Waals surface area contributed by atoms with Gasteiger partial charge in [-0.3, -0.25) is 4.79 Å². The van der Waals surface area contributed by atoms with Gasteiger partial charge >= 0.3 is 0 Å². The van der Waals surface area contributed by atoms with Gasteiger partial charge < -0.3 is 16.0 Å². The normalized spacial score (nSPS) is 9.88. The van der Waals surface area contributed by atoms with Crippen molar-refractivity contribution in [2.45, 2.75) is 13.3 Å². The fraction of sp³-hybridized carbons (Fsp3) is 0.455. The molecule has 0 aliphatic rings. The number of rotatable bonds is 5. The minimum atomic E-state index is -0.0299. The first-order chi connectivity index (χ1) is 7.67. The minimum Gasteiger partial charge on any atom is -0.399 e. The van der Waals surface area contributed by atoms with Gasteiger partial charge in [0.1, 0.15) is 5.82 Å². The van der Waals surface area contributed by atoms with Crippen molar-refractivity contribution < 1.29 is 4.79 Å². The van der Waals surface area contributed by atoms with E-state index in [1.165, 1.54) is 0 Å². The summed E-state index contributed by atoms with van der Waals surface area (Å²) in [6, 6.07) is 3.51. The van der Waals surface area contributed by atoms with Crippen molar-refractivity contribution >= 4 is 17.4 Å². The van der Waals surface area contributed by atoms with E-state index in [0.29, 0.717) is 12.2 Å². The zero-order valence-corrected chi connectivity index (χ0v) is 9.73. The molecular weight excluding hydrogens is 204 g/mol. The van der Waals surface area contributed by atoms with Gasteiger partial charge in [-0.1, -0.05) is 6.92 Å². The summed E-state index contributed by atoms with van der Waals surface area (Å²) in [5, 5.41) is 2.60. The summed E-state index contributed by atoms with van der Waals surface area (Å²) < 4.78 is 0.